The first-order chi connectivity index (χ1) is 19.3. The molecule has 0 spiro atoms. The number of hydrogen-bond acceptors (Lipinski definition) is 1. The molecule has 0 aliphatic heterocycles. The van der Waals surface area contributed by atoms with Crippen LogP contribution in [0.15, 0.2) is 152 Å². The molecule has 0 saturated carbocycles. The van der Waals surface area contributed by atoms with Gasteiger partial charge in [0.2, 0.25) is 0 Å². The summed E-state index contributed by atoms with van der Waals surface area (Å²) in [5, 5.41) is 3.16. The van der Waals surface area contributed by atoms with Crippen LogP contribution >= 0.6 is 11.6 Å². The van der Waals surface area contributed by atoms with Crippen LogP contribution in [-0.2, 0) is 0 Å². The molecule has 2 nitrogen and oxygen atoms in total. The van der Waals surface area contributed by atoms with Crippen LogP contribution in [-0.4, -0.2) is 4.57 Å². The normalized spacial score (nSPS) is 11.2. The quantitative estimate of drug-likeness (QED) is 0.219. The van der Waals surface area contributed by atoms with Gasteiger partial charge in [0, 0.05) is 38.5 Å². The fourth-order valence-corrected chi connectivity index (χ4v) is 5.71. The first-order valence-corrected chi connectivity index (χ1v) is 13.4. The molecule has 0 unspecified atom stereocenters. The summed E-state index contributed by atoms with van der Waals surface area (Å²) >= 11 is 6.74. The summed E-state index contributed by atoms with van der Waals surface area (Å²) in [5.74, 6) is 0. The van der Waals surface area contributed by atoms with Gasteiger partial charge < -0.3 is 9.47 Å². The number of fused-ring (bicyclic) bond motifs is 3. The van der Waals surface area contributed by atoms with Gasteiger partial charge in [0.05, 0.1) is 11.0 Å². The highest BCUT2D eigenvalue weighted by Crippen LogP contribution is 2.41. The summed E-state index contributed by atoms with van der Waals surface area (Å²) in [6, 6.07) is 53.1. The number of para-hydroxylation sites is 3. The number of benzene rings is 6. The fraction of sp³-hybridized carbons (Fsp3) is 0. The lowest BCUT2D eigenvalue weighted by Gasteiger charge is -2.26. The predicted octanol–water partition coefficient (Wildman–Crippen LogP) is 10.6. The molecular weight excluding hydrogens is 496 g/mol. The van der Waals surface area contributed by atoms with Crippen LogP contribution in [0.5, 0.6) is 0 Å². The lowest BCUT2D eigenvalue weighted by Crippen LogP contribution is -2.10. The smallest absolute Gasteiger partial charge is 0.0561 e. The van der Waals surface area contributed by atoms with E-state index in [0.717, 1.165) is 39.4 Å². The van der Waals surface area contributed by atoms with Gasteiger partial charge in [-0.2, -0.15) is 0 Å². The molecule has 186 valence electrons. The van der Waals surface area contributed by atoms with Crippen LogP contribution in [0.25, 0.3) is 38.6 Å². The maximum Gasteiger partial charge on any atom is 0.0561 e. The molecule has 0 N–H and O–H groups in total. The molecule has 0 fully saturated rings. The molecule has 0 amide bonds. The summed E-state index contributed by atoms with van der Waals surface area (Å²) in [5.41, 5.74) is 8.85. The lowest BCUT2D eigenvalue weighted by molar-refractivity contribution is 1.18. The Hall–Kier alpha value is -4.79. The maximum atomic E-state index is 6.74. The molecule has 6 aromatic carbocycles. The number of rotatable bonds is 5. The minimum absolute atomic E-state index is 0.701. The number of hydrogen-bond donors (Lipinski definition) is 0. The Bertz CT molecular complexity index is 1910. The van der Waals surface area contributed by atoms with E-state index in [-0.39, 0.29) is 0 Å². The van der Waals surface area contributed by atoms with Crippen molar-refractivity contribution < 1.29 is 0 Å². The van der Waals surface area contributed by atoms with E-state index < -0.39 is 0 Å². The Morgan fingerprint density at radius 2 is 1.08 bits per heavy atom. The Labute approximate surface area is 233 Å². The first-order valence-electron chi connectivity index (χ1n) is 13.1. The molecule has 7 aromatic rings. The van der Waals surface area contributed by atoms with Gasteiger partial charge in [-0.05, 0) is 71.8 Å². The number of anilines is 3. The largest absolute Gasteiger partial charge is 0.310 e. The van der Waals surface area contributed by atoms with Gasteiger partial charge in [-0.1, -0.05) is 103 Å². The van der Waals surface area contributed by atoms with Crippen LogP contribution in [0.4, 0.5) is 17.1 Å². The molecule has 1 aromatic heterocycles. The van der Waals surface area contributed by atoms with Crippen LogP contribution < -0.4 is 4.90 Å². The third-order valence-corrected chi connectivity index (χ3v) is 7.41. The Morgan fingerprint density at radius 1 is 0.436 bits per heavy atom. The number of halogens is 1. The van der Waals surface area contributed by atoms with Crippen molar-refractivity contribution in [1.82, 2.24) is 4.57 Å². The Morgan fingerprint density at radius 3 is 1.85 bits per heavy atom. The van der Waals surface area contributed by atoms with Crippen molar-refractivity contribution >= 4 is 50.5 Å². The van der Waals surface area contributed by atoms with Gasteiger partial charge >= 0.3 is 0 Å². The van der Waals surface area contributed by atoms with E-state index in [1.807, 2.05) is 24.3 Å². The second-order valence-electron chi connectivity index (χ2n) is 9.62. The van der Waals surface area contributed by atoms with Gasteiger partial charge in [-0.3, -0.25) is 0 Å². The molecule has 0 aliphatic carbocycles. The van der Waals surface area contributed by atoms with Gasteiger partial charge in [-0.15, -0.1) is 0 Å². The third-order valence-electron chi connectivity index (χ3n) is 7.19. The van der Waals surface area contributed by atoms with E-state index in [1.165, 1.54) is 16.3 Å². The molecular formula is C36H25ClN2. The van der Waals surface area contributed by atoms with Crippen LogP contribution in [0.1, 0.15) is 0 Å². The van der Waals surface area contributed by atoms with Gasteiger partial charge in [-0.25, -0.2) is 0 Å². The second kappa shape index (κ2) is 9.83. The second-order valence-corrected chi connectivity index (χ2v) is 10.1. The van der Waals surface area contributed by atoms with Crippen molar-refractivity contribution in [3.05, 3.63) is 157 Å². The molecule has 0 atom stereocenters. The summed E-state index contributed by atoms with van der Waals surface area (Å²) in [4.78, 5) is 2.28. The predicted molar refractivity (Wildman–Crippen MR) is 166 cm³/mol. The van der Waals surface area contributed by atoms with E-state index in [1.54, 1.807) is 0 Å². The lowest BCUT2D eigenvalue weighted by atomic mass is 10.0. The number of aromatic nitrogens is 1. The molecule has 39 heavy (non-hydrogen) atoms. The average molecular weight is 521 g/mol. The zero-order valence-corrected chi connectivity index (χ0v) is 22.0. The Balaban J connectivity index is 1.48. The zero-order valence-electron chi connectivity index (χ0n) is 21.2. The molecule has 0 radical (unpaired) electrons. The minimum Gasteiger partial charge on any atom is -0.310 e. The van der Waals surface area contributed by atoms with Crippen molar-refractivity contribution in [2.75, 3.05) is 4.90 Å². The zero-order chi connectivity index (χ0) is 26.2. The summed E-state index contributed by atoms with van der Waals surface area (Å²) in [7, 11) is 0. The first kappa shape index (κ1) is 23.3. The topological polar surface area (TPSA) is 8.17 Å². The molecule has 0 aliphatic rings. The van der Waals surface area contributed by atoms with E-state index >= 15 is 0 Å². The molecule has 1 heterocycles. The number of nitrogens with zero attached hydrogens (tertiary/aromatic N) is 2. The molecule has 7 rings (SSSR count). The minimum atomic E-state index is 0.701. The molecule has 3 heteroatoms. The Kier molecular flexibility index (Phi) is 5.88. The summed E-state index contributed by atoms with van der Waals surface area (Å²) < 4.78 is 2.35. The highest BCUT2D eigenvalue weighted by Gasteiger charge is 2.18. The van der Waals surface area contributed by atoms with Gasteiger partial charge in [0.15, 0.2) is 0 Å². The van der Waals surface area contributed by atoms with E-state index in [4.69, 9.17) is 11.6 Å². The molecule has 0 saturated heterocycles. The van der Waals surface area contributed by atoms with Crippen molar-refractivity contribution in [2.24, 2.45) is 0 Å². The van der Waals surface area contributed by atoms with Crippen molar-refractivity contribution in [3.8, 4) is 16.8 Å². The van der Waals surface area contributed by atoms with E-state index in [0.29, 0.717) is 5.02 Å². The standard InChI is InChI=1S/C36H25ClN2/c37-28-22-27(26-12-4-1-5-13-26)23-32(24-28)38(29-14-6-2-7-15-29)31-20-21-34-33-18-10-11-19-35(33)39(36(34)25-31)30-16-8-3-9-17-30/h1-25H. The van der Waals surface area contributed by atoms with Crippen LogP contribution in [0, 0.1) is 0 Å². The monoisotopic (exact) mass is 520 g/mol. The van der Waals surface area contributed by atoms with Gasteiger partial charge in [0.25, 0.3) is 0 Å². The van der Waals surface area contributed by atoms with Crippen LogP contribution in [0.3, 0.4) is 0 Å². The summed E-state index contributed by atoms with van der Waals surface area (Å²) in [6.07, 6.45) is 0. The van der Waals surface area contributed by atoms with Crippen molar-refractivity contribution in [3.63, 3.8) is 0 Å². The van der Waals surface area contributed by atoms with E-state index in [9.17, 15) is 0 Å². The SMILES string of the molecule is Clc1cc(-c2ccccc2)cc(N(c2ccccc2)c2ccc3c4ccccc4n(-c4ccccc4)c3c2)c1. The summed E-state index contributed by atoms with van der Waals surface area (Å²) in [6.45, 7) is 0. The highest BCUT2D eigenvalue weighted by molar-refractivity contribution is 6.31. The highest BCUT2D eigenvalue weighted by atomic mass is 35.5. The third kappa shape index (κ3) is 4.25. The van der Waals surface area contributed by atoms with Gasteiger partial charge in [0.1, 0.15) is 0 Å². The average Bonchev–Trinajstić information content (AvgIpc) is 3.32. The van der Waals surface area contributed by atoms with Crippen LogP contribution in [0.2, 0.25) is 5.02 Å². The van der Waals surface area contributed by atoms with Crippen molar-refractivity contribution in [2.45, 2.75) is 0 Å². The fourth-order valence-electron chi connectivity index (χ4n) is 5.48. The van der Waals surface area contributed by atoms with E-state index in [2.05, 4.69) is 137 Å². The molecule has 0 bridgehead atoms. The maximum absolute atomic E-state index is 6.74. The van der Waals surface area contributed by atoms with Crippen molar-refractivity contribution in [1.29, 1.82) is 0 Å².